The van der Waals surface area contributed by atoms with Crippen LogP contribution >= 0.6 is 0 Å². The lowest BCUT2D eigenvalue weighted by Gasteiger charge is -2.33. The Morgan fingerprint density at radius 2 is 2.26 bits per heavy atom. The molecule has 6 nitrogen and oxygen atoms in total. The smallest absolute Gasteiger partial charge is 0.328 e. The molecule has 0 bridgehead atoms. The van der Waals surface area contributed by atoms with Crippen LogP contribution in [0.5, 0.6) is 0 Å². The van der Waals surface area contributed by atoms with Crippen LogP contribution in [-0.4, -0.2) is 37.3 Å². The van der Waals surface area contributed by atoms with Crippen LogP contribution in [0.3, 0.4) is 0 Å². The fourth-order valence-electron chi connectivity index (χ4n) is 2.05. The Bertz CT molecular complexity index is 498. The predicted octanol–water partition coefficient (Wildman–Crippen LogP) is 1.04. The minimum atomic E-state index is -1.18. The molecule has 1 aliphatic heterocycles. The molecule has 8 heteroatoms. The number of nitro benzene ring substituents is 1. The van der Waals surface area contributed by atoms with E-state index < -0.39 is 22.2 Å². The summed E-state index contributed by atoms with van der Waals surface area (Å²) in [4.78, 5) is 11.6. The normalized spacial score (nSPS) is 19.5. The first-order chi connectivity index (χ1) is 9.02. The maximum Gasteiger partial charge on any atom is 0.328 e. The molecule has 1 aromatic rings. The van der Waals surface area contributed by atoms with Gasteiger partial charge in [-0.3, -0.25) is 10.1 Å². The van der Waals surface area contributed by atoms with Crippen molar-refractivity contribution >= 4 is 11.4 Å². The number of nitro groups is 1. The van der Waals surface area contributed by atoms with Crippen molar-refractivity contribution in [1.29, 1.82) is 0 Å². The van der Waals surface area contributed by atoms with Crippen molar-refractivity contribution in [2.45, 2.75) is 6.10 Å². The molecule has 1 fully saturated rings. The lowest BCUT2D eigenvalue weighted by molar-refractivity contribution is -0.386. The Labute approximate surface area is 107 Å². The van der Waals surface area contributed by atoms with Crippen LogP contribution in [0, 0.1) is 21.7 Å². The molecule has 0 aromatic heterocycles. The van der Waals surface area contributed by atoms with Gasteiger partial charge in [0.15, 0.2) is 0 Å². The van der Waals surface area contributed by atoms with Gasteiger partial charge in [0.25, 0.3) is 0 Å². The zero-order valence-corrected chi connectivity index (χ0v) is 10.0. The third-order valence-corrected chi connectivity index (χ3v) is 2.93. The number of halogens is 2. The molecule has 0 amide bonds. The molecule has 2 N–H and O–H groups in total. The third kappa shape index (κ3) is 2.79. The summed E-state index contributed by atoms with van der Waals surface area (Å²) < 4.78 is 32.1. The summed E-state index contributed by atoms with van der Waals surface area (Å²) in [5.41, 5.74) is 4.67. The fourth-order valence-corrected chi connectivity index (χ4v) is 2.05. The summed E-state index contributed by atoms with van der Waals surface area (Å²) in [6, 6.07) is 1.46. The highest BCUT2D eigenvalue weighted by Crippen LogP contribution is 2.32. The van der Waals surface area contributed by atoms with Gasteiger partial charge in [-0.15, -0.1) is 0 Å². The second kappa shape index (κ2) is 5.45. The molecule has 1 aromatic carbocycles. The lowest BCUT2D eigenvalue weighted by atomic mass is 10.2. The third-order valence-electron chi connectivity index (χ3n) is 2.93. The number of morpholine rings is 1. The van der Waals surface area contributed by atoms with Crippen LogP contribution in [0.15, 0.2) is 12.1 Å². The van der Waals surface area contributed by atoms with Crippen molar-refractivity contribution in [2.75, 3.05) is 31.1 Å². The van der Waals surface area contributed by atoms with Gasteiger partial charge in [-0.05, 0) is 0 Å². The van der Waals surface area contributed by atoms with E-state index in [9.17, 15) is 18.9 Å². The van der Waals surface area contributed by atoms with Crippen molar-refractivity contribution in [3.05, 3.63) is 33.9 Å². The van der Waals surface area contributed by atoms with Gasteiger partial charge in [-0.25, -0.2) is 4.39 Å². The molecule has 1 atom stereocenters. The molecule has 0 radical (unpaired) electrons. The van der Waals surface area contributed by atoms with Crippen LogP contribution in [0.1, 0.15) is 0 Å². The van der Waals surface area contributed by atoms with E-state index in [-0.39, 0.29) is 24.9 Å². The predicted molar refractivity (Wildman–Crippen MR) is 64.0 cm³/mol. The highest BCUT2D eigenvalue weighted by atomic mass is 19.1. The molecule has 0 saturated carbocycles. The van der Waals surface area contributed by atoms with E-state index in [4.69, 9.17) is 10.5 Å². The van der Waals surface area contributed by atoms with Gasteiger partial charge in [-0.1, -0.05) is 0 Å². The van der Waals surface area contributed by atoms with Crippen molar-refractivity contribution < 1.29 is 18.4 Å². The monoisotopic (exact) mass is 273 g/mol. The van der Waals surface area contributed by atoms with Crippen LogP contribution in [0.2, 0.25) is 0 Å². The number of nitrogens with two attached hydrogens (primary N) is 1. The van der Waals surface area contributed by atoms with Crippen LogP contribution in [0.25, 0.3) is 0 Å². The summed E-state index contributed by atoms with van der Waals surface area (Å²) in [6.07, 6.45) is -0.306. The molecule has 1 saturated heterocycles. The molecule has 19 heavy (non-hydrogen) atoms. The van der Waals surface area contributed by atoms with Gasteiger partial charge >= 0.3 is 5.69 Å². The molecule has 1 unspecified atom stereocenters. The maximum absolute atomic E-state index is 13.5. The summed E-state index contributed by atoms with van der Waals surface area (Å²) >= 11 is 0. The standard InChI is InChI=1S/C11H13F2N3O3/c12-7-3-9(13)11(16(17)18)10(4-7)15-1-2-19-8(5-14)6-15/h3-4,8H,1-2,5-6,14H2. The first-order valence-electron chi connectivity index (χ1n) is 5.73. The molecule has 0 aliphatic carbocycles. The maximum atomic E-state index is 13.5. The number of hydrogen-bond donors (Lipinski definition) is 1. The van der Waals surface area contributed by atoms with E-state index in [1.807, 2.05) is 0 Å². The van der Waals surface area contributed by atoms with Gasteiger partial charge in [0.05, 0.1) is 17.6 Å². The van der Waals surface area contributed by atoms with Crippen LogP contribution in [-0.2, 0) is 4.74 Å². The summed E-state index contributed by atoms with van der Waals surface area (Å²) in [6.45, 7) is 1.12. The van der Waals surface area contributed by atoms with E-state index in [1.165, 1.54) is 4.90 Å². The SMILES string of the molecule is NCC1CN(c2cc(F)cc(F)c2[N+](=O)[O-])CCO1. The molecule has 0 spiro atoms. The zero-order chi connectivity index (χ0) is 14.0. The minimum Gasteiger partial charge on any atom is -0.373 e. The zero-order valence-electron chi connectivity index (χ0n) is 10.0. The number of benzene rings is 1. The van der Waals surface area contributed by atoms with Crippen molar-refractivity contribution in [1.82, 2.24) is 0 Å². The van der Waals surface area contributed by atoms with Gasteiger partial charge in [-0.2, -0.15) is 4.39 Å². The van der Waals surface area contributed by atoms with Gasteiger partial charge in [0.2, 0.25) is 5.82 Å². The fraction of sp³-hybridized carbons (Fsp3) is 0.455. The van der Waals surface area contributed by atoms with Crippen LogP contribution in [0.4, 0.5) is 20.2 Å². The average Bonchev–Trinajstić information content (AvgIpc) is 2.37. The average molecular weight is 273 g/mol. The largest absolute Gasteiger partial charge is 0.373 e. The topological polar surface area (TPSA) is 81.6 Å². The second-order valence-corrected chi connectivity index (χ2v) is 4.19. The highest BCUT2D eigenvalue weighted by Gasteiger charge is 2.29. The Hall–Kier alpha value is -1.80. The summed E-state index contributed by atoms with van der Waals surface area (Å²) in [5, 5.41) is 10.9. The Morgan fingerprint density at radius 3 is 2.89 bits per heavy atom. The van der Waals surface area contributed by atoms with Gasteiger partial charge < -0.3 is 15.4 Å². The molecule has 1 heterocycles. The lowest BCUT2D eigenvalue weighted by Crippen LogP contribution is -2.46. The first-order valence-corrected chi connectivity index (χ1v) is 5.73. The Morgan fingerprint density at radius 1 is 1.53 bits per heavy atom. The van der Waals surface area contributed by atoms with Gasteiger partial charge in [0.1, 0.15) is 11.5 Å². The Balaban J connectivity index is 2.40. The van der Waals surface area contributed by atoms with Crippen molar-refractivity contribution in [3.63, 3.8) is 0 Å². The van der Waals surface area contributed by atoms with E-state index in [1.54, 1.807) is 0 Å². The molecular formula is C11H13F2N3O3. The number of rotatable bonds is 3. The minimum absolute atomic E-state index is 0.0794. The second-order valence-electron chi connectivity index (χ2n) is 4.19. The quantitative estimate of drug-likeness (QED) is 0.657. The first kappa shape index (κ1) is 13.6. The van der Waals surface area contributed by atoms with E-state index in [0.717, 1.165) is 6.07 Å². The molecule has 2 rings (SSSR count). The number of hydrogen-bond acceptors (Lipinski definition) is 5. The van der Waals surface area contributed by atoms with Gasteiger partial charge in [0, 0.05) is 31.8 Å². The molecule has 104 valence electrons. The Kier molecular flexibility index (Phi) is 3.91. The van der Waals surface area contributed by atoms with E-state index in [0.29, 0.717) is 19.2 Å². The number of nitrogens with zero attached hydrogens (tertiary/aromatic N) is 2. The van der Waals surface area contributed by atoms with E-state index in [2.05, 4.69) is 0 Å². The summed E-state index contributed by atoms with van der Waals surface area (Å²) in [7, 11) is 0. The molecule has 1 aliphatic rings. The summed E-state index contributed by atoms with van der Waals surface area (Å²) in [5.74, 6) is -2.04. The van der Waals surface area contributed by atoms with Crippen molar-refractivity contribution in [2.24, 2.45) is 5.73 Å². The molecular weight excluding hydrogens is 260 g/mol. The van der Waals surface area contributed by atoms with Crippen molar-refractivity contribution in [3.8, 4) is 0 Å². The highest BCUT2D eigenvalue weighted by molar-refractivity contribution is 5.64. The van der Waals surface area contributed by atoms with E-state index >= 15 is 0 Å². The number of anilines is 1. The van der Waals surface area contributed by atoms with Crippen LogP contribution < -0.4 is 10.6 Å². The number of ether oxygens (including phenoxy) is 1.